The van der Waals surface area contributed by atoms with Gasteiger partial charge in [-0.25, -0.2) is 8.42 Å². The largest absolute Gasteiger partial charge is 0.334 e. The number of anilines is 1. The predicted octanol–water partition coefficient (Wildman–Crippen LogP) is 3.40. The van der Waals surface area contributed by atoms with Crippen LogP contribution in [0.15, 0.2) is 44.4 Å². The average molecular weight is 433 g/mol. The van der Waals surface area contributed by atoms with E-state index in [1.165, 1.54) is 6.07 Å². The van der Waals surface area contributed by atoms with Crippen molar-refractivity contribution >= 4 is 33.0 Å². The van der Waals surface area contributed by atoms with E-state index < -0.39 is 10.0 Å². The first-order valence-corrected chi connectivity index (χ1v) is 11.7. The molecule has 3 aromatic rings. The number of amides is 1. The van der Waals surface area contributed by atoms with Crippen LogP contribution >= 0.6 is 11.3 Å². The maximum absolute atomic E-state index is 12.7. The first-order chi connectivity index (χ1) is 14.0. The van der Waals surface area contributed by atoms with Gasteiger partial charge >= 0.3 is 11.8 Å². The van der Waals surface area contributed by atoms with Gasteiger partial charge in [0.1, 0.15) is 4.21 Å². The van der Waals surface area contributed by atoms with Crippen LogP contribution in [0.25, 0.3) is 11.4 Å². The molecule has 0 saturated carbocycles. The molecule has 0 radical (unpaired) electrons. The van der Waals surface area contributed by atoms with Crippen LogP contribution in [0.3, 0.4) is 0 Å². The number of carbonyl (C=O) groups excluding carboxylic acids is 1. The number of nitrogens with one attached hydrogen (secondary N) is 1. The van der Waals surface area contributed by atoms with E-state index in [1.807, 2.05) is 25.1 Å². The summed E-state index contributed by atoms with van der Waals surface area (Å²) < 4.78 is 33.2. The van der Waals surface area contributed by atoms with Crippen molar-refractivity contribution in [2.24, 2.45) is 0 Å². The van der Waals surface area contributed by atoms with Crippen LogP contribution in [0.2, 0.25) is 0 Å². The van der Waals surface area contributed by atoms with Crippen LogP contribution in [0.5, 0.6) is 0 Å². The van der Waals surface area contributed by atoms with Crippen molar-refractivity contribution in [3.63, 3.8) is 0 Å². The highest BCUT2D eigenvalue weighted by molar-refractivity contribution is 7.94. The van der Waals surface area contributed by atoms with Crippen LogP contribution in [-0.2, 0) is 16.4 Å². The van der Waals surface area contributed by atoms with Crippen LogP contribution in [0, 0.1) is 0 Å². The Morgan fingerprint density at radius 1 is 1.28 bits per heavy atom. The Hall–Kier alpha value is -2.72. The number of carbonyl (C=O) groups is 1. The highest BCUT2D eigenvalue weighted by atomic mass is 32.2. The van der Waals surface area contributed by atoms with Crippen LogP contribution < -0.4 is 4.72 Å². The molecule has 2 aromatic heterocycles. The molecular formula is C19H20N4O4S2. The lowest BCUT2D eigenvalue weighted by Gasteiger charge is -2.10. The maximum Gasteiger partial charge on any atom is 0.316 e. The minimum Gasteiger partial charge on any atom is -0.334 e. The summed E-state index contributed by atoms with van der Waals surface area (Å²) in [7, 11) is -3.74. The predicted molar refractivity (Wildman–Crippen MR) is 109 cm³/mol. The quantitative estimate of drug-likeness (QED) is 0.640. The molecule has 152 valence electrons. The molecule has 1 aliphatic heterocycles. The fourth-order valence-corrected chi connectivity index (χ4v) is 5.33. The lowest BCUT2D eigenvalue weighted by molar-refractivity contribution is 0.0743. The van der Waals surface area contributed by atoms with Gasteiger partial charge in [0.25, 0.3) is 10.0 Å². The van der Waals surface area contributed by atoms with Crippen molar-refractivity contribution in [2.45, 2.75) is 30.4 Å². The van der Waals surface area contributed by atoms with Gasteiger partial charge in [0.2, 0.25) is 5.82 Å². The summed E-state index contributed by atoms with van der Waals surface area (Å²) in [6.07, 6.45) is 2.74. The number of aromatic nitrogens is 2. The van der Waals surface area contributed by atoms with Crippen molar-refractivity contribution in [3.8, 4) is 11.4 Å². The van der Waals surface area contributed by atoms with Gasteiger partial charge in [0.05, 0.1) is 0 Å². The van der Waals surface area contributed by atoms with Gasteiger partial charge in [-0.05, 0) is 43.0 Å². The Bertz CT molecular complexity index is 1130. The number of aryl methyl sites for hydroxylation is 1. The summed E-state index contributed by atoms with van der Waals surface area (Å²) in [6.45, 7) is 3.37. The summed E-state index contributed by atoms with van der Waals surface area (Å²) in [5.74, 6) is -0.174. The maximum atomic E-state index is 12.7. The first-order valence-electron chi connectivity index (χ1n) is 9.30. The highest BCUT2D eigenvalue weighted by Gasteiger charge is 2.26. The fraction of sp³-hybridized carbons (Fsp3) is 0.316. The fourth-order valence-electron chi connectivity index (χ4n) is 3.12. The summed E-state index contributed by atoms with van der Waals surface area (Å²) in [5, 5.41) is 5.47. The van der Waals surface area contributed by atoms with Crippen LogP contribution in [0.1, 0.15) is 36.0 Å². The highest BCUT2D eigenvalue weighted by Crippen LogP contribution is 2.28. The van der Waals surface area contributed by atoms with E-state index in [0.717, 1.165) is 36.2 Å². The monoisotopic (exact) mass is 432 g/mol. The van der Waals surface area contributed by atoms with E-state index in [1.54, 1.807) is 16.3 Å². The lowest BCUT2D eigenvalue weighted by atomic mass is 10.1. The molecule has 3 heterocycles. The molecule has 1 saturated heterocycles. The molecule has 1 aliphatic rings. The molecule has 1 amide bonds. The normalized spacial score (nSPS) is 14.3. The molecule has 0 aliphatic carbocycles. The Morgan fingerprint density at radius 2 is 2.07 bits per heavy atom. The second-order valence-corrected chi connectivity index (χ2v) is 9.56. The molecule has 0 bridgehead atoms. The van der Waals surface area contributed by atoms with Crippen molar-refractivity contribution < 1.29 is 17.7 Å². The van der Waals surface area contributed by atoms with Crippen LogP contribution in [-0.4, -0.2) is 42.5 Å². The summed E-state index contributed by atoms with van der Waals surface area (Å²) in [4.78, 5) is 18.2. The molecule has 1 N–H and O–H groups in total. The summed E-state index contributed by atoms with van der Waals surface area (Å²) in [6, 6.07) is 8.75. The number of likely N-dealkylation sites (tertiary alicyclic amines) is 1. The van der Waals surface area contributed by atoms with Gasteiger partial charge in [-0.2, -0.15) is 4.98 Å². The van der Waals surface area contributed by atoms with Crippen molar-refractivity contribution in [1.29, 1.82) is 0 Å². The summed E-state index contributed by atoms with van der Waals surface area (Å²) >= 11 is 1.06. The molecular weight excluding hydrogens is 412 g/mol. The molecule has 10 heteroatoms. The van der Waals surface area contributed by atoms with E-state index in [9.17, 15) is 13.2 Å². The van der Waals surface area contributed by atoms with Crippen molar-refractivity contribution in [1.82, 2.24) is 15.0 Å². The molecule has 4 rings (SSSR count). The minimum absolute atomic E-state index is 0.0768. The number of rotatable bonds is 6. The van der Waals surface area contributed by atoms with Crippen molar-refractivity contribution in [2.75, 3.05) is 17.8 Å². The van der Waals surface area contributed by atoms with E-state index in [2.05, 4.69) is 14.9 Å². The van der Waals surface area contributed by atoms with Crippen molar-refractivity contribution in [3.05, 3.63) is 47.2 Å². The third-order valence-corrected chi connectivity index (χ3v) is 7.51. The number of hydrogen-bond donors (Lipinski definition) is 1. The smallest absolute Gasteiger partial charge is 0.316 e. The Morgan fingerprint density at radius 3 is 2.83 bits per heavy atom. The van der Waals surface area contributed by atoms with Gasteiger partial charge < -0.3 is 9.42 Å². The molecule has 0 spiro atoms. The Labute approximate surface area is 172 Å². The second-order valence-electron chi connectivity index (χ2n) is 6.74. The number of sulfonamides is 1. The van der Waals surface area contributed by atoms with E-state index in [4.69, 9.17) is 4.52 Å². The van der Waals surface area contributed by atoms with E-state index >= 15 is 0 Å². The molecule has 0 unspecified atom stereocenters. The summed E-state index contributed by atoms with van der Waals surface area (Å²) in [5.41, 5.74) is 2.04. The van der Waals surface area contributed by atoms with Gasteiger partial charge in [0.15, 0.2) is 0 Å². The molecule has 0 atom stereocenters. The van der Waals surface area contributed by atoms with Gasteiger partial charge in [-0.1, -0.05) is 24.2 Å². The number of nitrogens with zero attached hydrogens (tertiary/aromatic N) is 3. The topological polar surface area (TPSA) is 105 Å². The minimum atomic E-state index is -3.74. The molecule has 29 heavy (non-hydrogen) atoms. The van der Waals surface area contributed by atoms with Gasteiger partial charge in [0, 0.05) is 29.7 Å². The molecule has 1 fully saturated rings. The standard InChI is InChI=1S/C19H20N4O4S2/c1-2-13-6-5-7-15(10-13)22-29(25,26)16-11-14(12-28-16)17-20-18(27-21-17)19(24)23-8-3-4-9-23/h5-7,10-12,22H,2-4,8-9H2,1H3. The number of thiophene rings is 1. The van der Waals surface area contributed by atoms with Crippen LogP contribution in [0.4, 0.5) is 5.69 Å². The zero-order valence-corrected chi connectivity index (χ0v) is 17.4. The molecule has 1 aromatic carbocycles. The van der Waals surface area contributed by atoms with Gasteiger partial charge in [-0.15, -0.1) is 11.3 Å². The third kappa shape index (κ3) is 4.18. The number of hydrogen-bond acceptors (Lipinski definition) is 7. The zero-order chi connectivity index (χ0) is 20.4. The Kier molecular flexibility index (Phi) is 5.37. The SMILES string of the molecule is CCc1cccc(NS(=O)(=O)c2cc(-c3noc(C(=O)N4CCCC4)n3)cs2)c1. The number of benzene rings is 1. The van der Waals surface area contributed by atoms with E-state index in [0.29, 0.717) is 24.3 Å². The first kappa shape index (κ1) is 19.6. The third-order valence-electron chi connectivity index (χ3n) is 4.69. The van der Waals surface area contributed by atoms with E-state index in [-0.39, 0.29) is 21.8 Å². The Balaban J connectivity index is 1.52. The van der Waals surface area contributed by atoms with Gasteiger partial charge in [-0.3, -0.25) is 9.52 Å². The lowest BCUT2D eigenvalue weighted by Crippen LogP contribution is -2.27. The second kappa shape index (κ2) is 7.96. The average Bonchev–Trinajstić information content (AvgIpc) is 3.48. The zero-order valence-electron chi connectivity index (χ0n) is 15.8. The molecule has 8 nitrogen and oxygen atoms in total.